The van der Waals surface area contributed by atoms with E-state index in [1.807, 2.05) is 12.1 Å². The highest BCUT2D eigenvalue weighted by Gasteiger charge is 2.08. The van der Waals surface area contributed by atoms with Gasteiger partial charge < -0.3 is 14.3 Å². The molecule has 1 aromatic carbocycles. The molecule has 0 aliphatic heterocycles. The summed E-state index contributed by atoms with van der Waals surface area (Å²) >= 11 is 0. The first-order chi connectivity index (χ1) is 10.7. The number of nitrogens with one attached hydrogen (secondary N) is 1. The van der Waals surface area contributed by atoms with E-state index < -0.39 is 0 Å². The van der Waals surface area contributed by atoms with Crippen LogP contribution in [0.1, 0.15) is 31.5 Å². The average Bonchev–Trinajstić information content (AvgIpc) is 3.09. The van der Waals surface area contributed by atoms with Gasteiger partial charge in [-0.2, -0.15) is 4.98 Å². The normalized spacial score (nSPS) is 11.2. The van der Waals surface area contributed by atoms with Crippen LogP contribution >= 0.6 is 0 Å². The third kappa shape index (κ3) is 2.88. The van der Waals surface area contributed by atoms with E-state index in [0.29, 0.717) is 23.8 Å². The molecule has 0 bridgehead atoms. The van der Waals surface area contributed by atoms with Crippen LogP contribution in [0.4, 0.5) is 5.69 Å². The van der Waals surface area contributed by atoms with Gasteiger partial charge in [-0.25, -0.2) is 4.79 Å². The fourth-order valence-electron chi connectivity index (χ4n) is 2.21. The molecule has 7 nitrogen and oxygen atoms in total. The molecule has 22 heavy (non-hydrogen) atoms. The Labute approximate surface area is 126 Å². The summed E-state index contributed by atoms with van der Waals surface area (Å²) in [6.45, 7) is 2.59. The van der Waals surface area contributed by atoms with Crippen molar-refractivity contribution in [2.75, 3.05) is 5.32 Å². The summed E-state index contributed by atoms with van der Waals surface area (Å²) in [4.78, 5) is 15.8. The summed E-state index contributed by atoms with van der Waals surface area (Å²) in [6, 6.07) is 5.48. The number of aromatic nitrogens is 3. The highest BCUT2D eigenvalue weighted by molar-refractivity contribution is 5.77. The van der Waals surface area contributed by atoms with Crippen molar-refractivity contribution in [3.05, 3.63) is 40.5 Å². The third-order valence-electron chi connectivity index (χ3n) is 3.50. The molecule has 0 saturated heterocycles. The predicted molar refractivity (Wildman–Crippen MR) is 81.7 cm³/mol. The number of nitrogens with zero attached hydrogens (tertiary/aromatic N) is 3. The quantitative estimate of drug-likeness (QED) is 0.752. The molecular weight excluding hydrogens is 284 g/mol. The SMILES string of the molecule is CCCCc1nc(CNc2ccc3oc(=O)n(C)c3c2)no1. The van der Waals surface area contributed by atoms with E-state index in [9.17, 15) is 4.79 Å². The Hall–Kier alpha value is -2.57. The number of unbranched alkanes of at least 4 members (excludes halogenated alkanes) is 1. The van der Waals surface area contributed by atoms with Crippen molar-refractivity contribution in [1.82, 2.24) is 14.7 Å². The molecule has 0 spiro atoms. The minimum Gasteiger partial charge on any atom is -0.408 e. The Morgan fingerprint density at radius 1 is 1.36 bits per heavy atom. The number of fused-ring (bicyclic) bond motifs is 1. The molecule has 1 N–H and O–H groups in total. The van der Waals surface area contributed by atoms with Crippen molar-refractivity contribution in [2.24, 2.45) is 7.05 Å². The van der Waals surface area contributed by atoms with Gasteiger partial charge in [-0.3, -0.25) is 4.57 Å². The van der Waals surface area contributed by atoms with Gasteiger partial charge >= 0.3 is 5.76 Å². The number of benzene rings is 1. The molecule has 0 atom stereocenters. The second kappa shape index (κ2) is 6.05. The minimum atomic E-state index is -0.370. The van der Waals surface area contributed by atoms with E-state index in [1.165, 1.54) is 4.57 Å². The van der Waals surface area contributed by atoms with Crippen LogP contribution in [0.15, 0.2) is 31.9 Å². The van der Waals surface area contributed by atoms with Gasteiger partial charge in [-0.05, 0) is 24.6 Å². The van der Waals surface area contributed by atoms with Gasteiger partial charge in [0.15, 0.2) is 11.4 Å². The fourth-order valence-corrected chi connectivity index (χ4v) is 2.21. The molecule has 0 amide bonds. The summed E-state index contributed by atoms with van der Waals surface area (Å²) in [6.07, 6.45) is 2.95. The maximum atomic E-state index is 11.5. The maximum Gasteiger partial charge on any atom is 0.419 e. The van der Waals surface area contributed by atoms with E-state index in [0.717, 1.165) is 30.5 Å². The maximum absolute atomic E-state index is 11.5. The van der Waals surface area contributed by atoms with Crippen LogP contribution in [0.5, 0.6) is 0 Å². The lowest BCUT2D eigenvalue weighted by atomic mass is 10.2. The van der Waals surface area contributed by atoms with Crippen LogP contribution in [0, 0.1) is 0 Å². The van der Waals surface area contributed by atoms with Gasteiger partial charge in [0.2, 0.25) is 5.89 Å². The Balaban J connectivity index is 1.69. The Bertz CT molecular complexity index is 831. The van der Waals surface area contributed by atoms with E-state index in [2.05, 4.69) is 22.4 Å². The molecule has 2 aromatic heterocycles. The number of rotatable bonds is 6. The molecule has 7 heteroatoms. The zero-order chi connectivity index (χ0) is 15.5. The molecule has 2 heterocycles. The highest BCUT2D eigenvalue weighted by Crippen LogP contribution is 2.18. The first kappa shape index (κ1) is 14.4. The van der Waals surface area contributed by atoms with Crippen molar-refractivity contribution in [2.45, 2.75) is 32.7 Å². The number of hydrogen-bond acceptors (Lipinski definition) is 6. The van der Waals surface area contributed by atoms with Gasteiger partial charge in [0.1, 0.15) is 0 Å². The number of hydrogen-bond donors (Lipinski definition) is 1. The van der Waals surface area contributed by atoms with Crippen molar-refractivity contribution < 1.29 is 8.94 Å². The van der Waals surface area contributed by atoms with E-state index in [-0.39, 0.29) is 5.76 Å². The van der Waals surface area contributed by atoms with Gasteiger partial charge in [0.05, 0.1) is 12.1 Å². The van der Waals surface area contributed by atoms with E-state index in [4.69, 9.17) is 8.94 Å². The average molecular weight is 302 g/mol. The lowest BCUT2D eigenvalue weighted by Crippen LogP contribution is -2.08. The second-order valence-electron chi connectivity index (χ2n) is 5.17. The van der Waals surface area contributed by atoms with Crippen LogP contribution in [0.3, 0.4) is 0 Å². The molecule has 0 aliphatic rings. The number of anilines is 1. The Morgan fingerprint density at radius 3 is 3.05 bits per heavy atom. The third-order valence-corrected chi connectivity index (χ3v) is 3.50. The van der Waals surface area contributed by atoms with Crippen molar-refractivity contribution in [3.8, 4) is 0 Å². The van der Waals surface area contributed by atoms with Crippen LogP contribution in [-0.4, -0.2) is 14.7 Å². The van der Waals surface area contributed by atoms with Crippen molar-refractivity contribution in [3.63, 3.8) is 0 Å². The Morgan fingerprint density at radius 2 is 2.23 bits per heavy atom. The lowest BCUT2D eigenvalue weighted by molar-refractivity contribution is 0.370. The summed E-state index contributed by atoms with van der Waals surface area (Å²) in [5.41, 5.74) is 2.18. The first-order valence-electron chi connectivity index (χ1n) is 7.32. The topological polar surface area (TPSA) is 86.1 Å². The highest BCUT2D eigenvalue weighted by atomic mass is 16.5. The van der Waals surface area contributed by atoms with Crippen molar-refractivity contribution >= 4 is 16.8 Å². The smallest absolute Gasteiger partial charge is 0.408 e. The molecule has 0 saturated carbocycles. The molecule has 0 aliphatic carbocycles. The first-order valence-corrected chi connectivity index (χ1v) is 7.32. The lowest BCUT2D eigenvalue weighted by Gasteiger charge is -2.03. The number of oxazole rings is 1. The molecule has 0 radical (unpaired) electrons. The van der Waals surface area contributed by atoms with Crippen LogP contribution in [0.2, 0.25) is 0 Å². The molecule has 3 rings (SSSR count). The van der Waals surface area contributed by atoms with Gasteiger partial charge in [-0.15, -0.1) is 0 Å². The Kier molecular flexibility index (Phi) is 3.95. The number of aryl methyl sites for hydroxylation is 2. The monoisotopic (exact) mass is 302 g/mol. The standard InChI is InChI=1S/C15H18N4O3/c1-3-4-5-14-17-13(18-22-14)9-16-10-6-7-12-11(8-10)19(2)15(20)21-12/h6-8,16H,3-5,9H2,1-2H3. The summed E-state index contributed by atoms with van der Waals surface area (Å²) in [7, 11) is 1.68. The molecule has 0 unspecified atom stereocenters. The van der Waals surface area contributed by atoms with Crippen LogP contribution in [-0.2, 0) is 20.0 Å². The van der Waals surface area contributed by atoms with Crippen molar-refractivity contribution in [1.29, 1.82) is 0 Å². The minimum absolute atomic E-state index is 0.370. The molecule has 116 valence electrons. The van der Waals surface area contributed by atoms with Crippen LogP contribution < -0.4 is 11.1 Å². The molecule has 3 aromatic rings. The van der Waals surface area contributed by atoms with E-state index >= 15 is 0 Å². The zero-order valence-electron chi connectivity index (χ0n) is 12.6. The summed E-state index contributed by atoms with van der Waals surface area (Å²) in [5.74, 6) is 0.921. The van der Waals surface area contributed by atoms with Gasteiger partial charge in [0.25, 0.3) is 0 Å². The van der Waals surface area contributed by atoms with Gasteiger partial charge in [-0.1, -0.05) is 18.5 Å². The second-order valence-corrected chi connectivity index (χ2v) is 5.17. The van der Waals surface area contributed by atoms with Crippen LogP contribution in [0.25, 0.3) is 11.1 Å². The fraction of sp³-hybridized carbons (Fsp3) is 0.400. The predicted octanol–water partition coefficient (Wildman–Crippen LogP) is 2.47. The molecule has 0 fully saturated rings. The van der Waals surface area contributed by atoms with E-state index in [1.54, 1.807) is 13.1 Å². The summed E-state index contributed by atoms with van der Waals surface area (Å²) in [5, 5.41) is 7.16. The molecular formula is C15H18N4O3. The van der Waals surface area contributed by atoms with Gasteiger partial charge in [0, 0.05) is 19.2 Å². The zero-order valence-corrected chi connectivity index (χ0v) is 12.6. The summed E-state index contributed by atoms with van der Waals surface area (Å²) < 4.78 is 11.8. The largest absolute Gasteiger partial charge is 0.419 e.